The van der Waals surface area contributed by atoms with Gasteiger partial charge in [0.25, 0.3) is 5.91 Å². The monoisotopic (exact) mass is 443 g/mol. The molecule has 0 unspecified atom stereocenters. The fraction of sp³-hybridized carbons (Fsp3) is 0.286. The predicted octanol–water partition coefficient (Wildman–Crippen LogP) is 3.79. The third-order valence-corrected chi connectivity index (χ3v) is 4.66. The average Bonchev–Trinajstić information content (AvgIpc) is 3.11. The zero-order valence-corrected chi connectivity index (χ0v) is 18.7. The Morgan fingerprint density at radius 2 is 1.97 bits per heavy atom. The highest BCUT2D eigenvalue weighted by molar-refractivity contribution is 6.33. The molecule has 31 heavy (non-hydrogen) atoms. The lowest BCUT2D eigenvalue weighted by Gasteiger charge is -2.14. The average molecular weight is 444 g/mol. The molecule has 0 bridgehead atoms. The van der Waals surface area contributed by atoms with Gasteiger partial charge < -0.3 is 15.5 Å². The lowest BCUT2D eigenvalue weighted by molar-refractivity contribution is 0.0538. The maximum atomic E-state index is 12.3. The highest BCUT2D eigenvalue weighted by atomic mass is 35.5. The third kappa shape index (κ3) is 5.72. The van der Waals surface area contributed by atoms with Crippen LogP contribution in [0, 0.1) is 0 Å². The molecule has 3 N–H and O–H groups in total. The van der Waals surface area contributed by atoms with Crippen LogP contribution >= 0.6 is 11.6 Å². The summed E-state index contributed by atoms with van der Waals surface area (Å²) in [6.45, 7) is 3.49. The Hall–Kier alpha value is -3.14. The summed E-state index contributed by atoms with van der Waals surface area (Å²) in [4.78, 5) is 23.4. The van der Waals surface area contributed by atoms with E-state index < -0.39 is 0 Å². The van der Waals surface area contributed by atoms with E-state index in [4.69, 9.17) is 16.4 Å². The fourth-order valence-electron chi connectivity index (χ4n) is 3.03. The number of aryl methyl sites for hydroxylation is 1. The molecule has 10 heteroatoms. The lowest BCUT2D eigenvalue weighted by atomic mass is 10.1. The molecule has 0 atom stereocenters. The van der Waals surface area contributed by atoms with E-state index in [1.54, 1.807) is 30.5 Å². The maximum absolute atomic E-state index is 12.3. The molecule has 0 spiro atoms. The molecule has 3 aromatic rings. The van der Waals surface area contributed by atoms with Gasteiger partial charge in [0.1, 0.15) is 11.6 Å². The largest absolute Gasteiger partial charge is 0.353 e. The smallest absolute Gasteiger partial charge is 0.276 e. The van der Waals surface area contributed by atoms with Gasteiger partial charge in [-0.15, -0.1) is 0 Å². The van der Waals surface area contributed by atoms with Crippen molar-refractivity contribution in [3.05, 3.63) is 58.9 Å². The number of halogens is 1. The van der Waals surface area contributed by atoms with Gasteiger partial charge in [0.2, 0.25) is 0 Å². The molecule has 0 aliphatic carbocycles. The van der Waals surface area contributed by atoms with Crippen LogP contribution in [0.15, 0.2) is 42.6 Å². The van der Waals surface area contributed by atoms with Crippen LogP contribution in [-0.4, -0.2) is 46.8 Å². The van der Waals surface area contributed by atoms with Crippen LogP contribution in [0.5, 0.6) is 0 Å². The van der Waals surface area contributed by atoms with Crippen LogP contribution in [-0.2, 0) is 17.9 Å². The quantitative estimate of drug-likeness (QED) is 0.433. The first-order valence-electron chi connectivity index (χ1n) is 9.74. The van der Waals surface area contributed by atoms with Gasteiger partial charge in [0.15, 0.2) is 0 Å². The standard InChI is InChI=1S/C21H26ClN7O2/c1-5-29-20(10-14(26-29)13-28(2)3)25-19-11-18(16(22)12-23-19)24-17-9-7-6-8-15(17)21(30)27-31-4/h6-12H,5,13H2,1-4H3,(H,27,30)(H2,23,24,25). The van der Waals surface area contributed by atoms with Crippen LogP contribution in [0.2, 0.25) is 5.02 Å². The fourth-order valence-corrected chi connectivity index (χ4v) is 3.18. The summed E-state index contributed by atoms with van der Waals surface area (Å²) in [5.74, 6) is 1.06. The first kappa shape index (κ1) is 22.5. The number of amides is 1. The van der Waals surface area contributed by atoms with Gasteiger partial charge in [0.05, 0.1) is 41.0 Å². The van der Waals surface area contributed by atoms with Crippen molar-refractivity contribution >= 4 is 40.5 Å². The van der Waals surface area contributed by atoms with Gasteiger partial charge in [-0.05, 0) is 33.2 Å². The van der Waals surface area contributed by atoms with Crippen LogP contribution in [0.3, 0.4) is 0 Å². The molecule has 3 rings (SSSR count). The van der Waals surface area contributed by atoms with E-state index in [2.05, 4.69) is 31.1 Å². The Morgan fingerprint density at radius 1 is 1.19 bits per heavy atom. The Bertz CT molecular complexity index is 1050. The zero-order valence-electron chi connectivity index (χ0n) is 17.9. The van der Waals surface area contributed by atoms with Crippen molar-refractivity contribution in [2.75, 3.05) is 31.8 Å². The number of nitrogens with zero attached hydrogens (tertiary/aromatic N) is 4. The summed E-state index contributed by atoms with van der Waals surface area (Å²) in [7, 11) is 5.39. The minimum Gasteiger partial charge on any atom is -0.353 e. The van der Waals surface area contributed by atoms with Crippen LogP contribution in [0.4, 0.5) is 23.0 Å². The second kappa shape index (κ2) is 10.3. The Morgan fingerprint density at radius 3 is 2.68 bits per heavy atom. The molecule has 0 saturated carbocycles. The first-order chi connectivity index (χ1) is 14.9. The third-order valence-electron chi connectivity index (χ3n) is 4.36. The van der Waals surface area contributed by atoms with Crippen molar-refractivity contribution < 1.29 is 9.63 Å². The van der Waals surface area contributed by atoms with Gasteiger partial charge in [-0.3, -0.25) is 9.63 Å². The van der Waals surface area contributed by atoms with Crippen LogP contribution in [0.1, 0.15) is 23.0 Å². The molecule has 1 aromatic carbocycles. The number of para-hydroxylation sites is 1. The number of pyridine rings is 1. The van der Waals surface area contributed by atoms with Gasteiger partial charge in [-0.1, -0.05) is 23.7 Å². The summed E-state index contributed by atoms with van der Waals surface area (Å²) in [5, 5.41) is 11.5. The molecule has 164 valence electrons. The topological polar surface area (TPSA) is 96.3 Å². The van der Waals surface area contributed by atoms with E-state index in [0.29, 0.717) is 27.8 Å². The van der Waals surface area contributed by atoms with E-state index in [1.807, 2.05) is 37.8 Å². The molecule has 2 aromatic heterocycles. The normalized spacial score (nSPS) is 10.9. The molecule has 2 heterocycles. The highest BCUT2D eigenvalue weighted by Crippen LogP contribution is 2.30. The summed E-state index contributed by atoms with van der Waals surface area (Å²) < 4.78 is 1.88. The van der Waals surface area contributed by atoms with E-state index >= 15 is 0 Å². The number of carbonyl (C=O) groups is 1. The Kier molecular flexibility index (Phi) is 7.45. The van der Waals surface area contributed by atoms with Gasteiger partial charge in [0, 0.05) is 25.2 Å². The van der Waals surface area contributed by atoms with Crippen molar-refractivity contribution in [1.29, 1.82) is 0 Å². The first-order valence-corrected chi connectivity index (χ1v) is 10.1. The Labute approximate surface area is 186 Å². The van der Waals surface area contributed by atoms with Crippen molar-refractivity contribution in [2.45, 2.75) is 20.0 Å². The van der Waals surface area contributed by atoms with Crippen molar-refractivity contribution in [1.82, 2.24) is 25.1 Å². The van der Waals surface area contributed by atoms with Crippen LogP contribution < -0.4 is 16.1 Å². The zero-order chi connectivity index (χ0) is 22.4. The number of hydrogen-bond donors (Lipinski definition) is 3. The minimum atomic E-state index is -0.366. The summed E-state index contributed by atoms with van der Waals surface area (Å²) in [6.07, 6.45) is 1.55. The predicted molar refractivity (Wildman–Crippen MR) is 122 cm³/mol. The van der Waals surface area contributed by atoms with E-state index in [1.165, 1.54) is 7.11 Å². The SMILES string of the molecule is CCn1nc(CN(C)C)cc1Nc1cc(Nc2ccccc2C(=O)NOC)c(Cl)cn1. The molecular formula is C21H26ClN7O2. The molecule has 0 radical (unpaired) electrons. The van der Waals surface area contributed by atoms with Gasteiger partial charge in [-0.25, -0.2) is 15.1 Å². The maximum Gasteiger partial charge on any atom is 0.276 e. The number of aromatic nitrogens is 3. The molecule has 0 saturated heterocycles. The summed E-state index contributed by atoms with van der Waals surface area (Å²) in [6, 6.07) is 10.9. The van der Waals surface area contributed by atoms with Crippen molar-refractivity contribution in [2.24, 2.45) is 0 Å². The molecule has 0 fully saturated rings. The molecule has 0 aliphatic rings. The number of hydrogen-bond acceptors (Lipinski definition) is 7. The Balaban J connectivity index is 1.86. The molecule has 9 nitrogen and oxygen atoms in total. The number of rotatable bonds is 9. The number of anilines is 4. The number of benzene rings is 1. The second-order valence-electron chi connectivity index (χ2n) is 7.05. The van der Waals surface area contributed by atoms with E-state index in [-0.39, 0.29) is 5.91 Å². The van der Waals surface area contributed by atoms with Crippen molar-refractivity contribution in [3.63, 3.8) is 0 Å². The summed E-state index contributed by atoms with van der Waals surface area (Å²) in [5.41, 5.74) is 4.89. The molecule has 0 aliphatic heterocycles. The highest BCUT2D eigenvalue weighted by Gasteiger charge is 2.14. The van der Waals surface area contributed by atoms with Gasteiger partial charge in [-0.2, -0.15) is 5.10 Å². The van der Waals surface area contributed by atoms with E-state index in [9.17, 15) is 4.79 Å². The second-order valence-corrected chi connectivity index (χ2v) is 7.46. The van der Waals surface area contributed by atoms with Crippen molar-refractivity contribution in [3.8, 4) is 0 Å². The number of hydroxylamine groups is 1. The van der Waals surface area contributed by atoms with Crippen LogP contribution in [0.25, 0.3) is 0 Å². The molecular weight excluding hydrogens is 418 g/mol. The number of nitrogens with one attached hydrogen (secondary N) is 3. The summed E-state index contributed by atoms with van der Waals surface area (Å²) >= 11 is 6.36. The molecule has 1 amide bonds. The van der Waals surface area contributed by atoms with E-state index in [0.717, 1.165) is 24.6 Å². The number of carbonyl (C=O) groups excluding carboxylic acids is 1. The minimum absolute atomic E-state index is 0.366. The van der Waals surface area contributed by atoms with Gasteiger partial charge >= 0.3 is 0 Å². The lowest BCUT2D eigenvalue weighted by Crippen LogP contribution is -2.22.